The van der Waals surface area contributed by atoms with E-state index >= 15 is 0 Å². The van der Waals surface area contributed by atoms with Crippen molar-refractivity contribution in [3.8, 4) is 5.75 Å². The summed E-state index contributed by atoms with van der Waals surface area (Å²) in [6.45, 7) is 5.30. The average molecular weight is 219 g/mol. The van der Waals surface area contributed by atoms with Gasteiger partial charge in [0.25, 0.3) is 0 Å². The molecule has 1 atom stereocenters. The summed E-state index contributed by atoms with van der Waals surface area (Å²) >= 11 is 0. The van der Waals surface area contributed by atoms with E-state index in [2.05, 4.69) is 36.5 Å². The van der Waals surface area contributed by atoms with Gasteiger partial charge in [0.2, 0.25) is 0 Å². The molecule has 16 heavy (non-hydrogen) atoms. The van der Waals surface area contributed by atoms with Gasteiger partial charge in [-0.25, -0.2) is 0 Å². The highest BCUT2D eigenvalue weighted by Gasteiger charge is 2.14. The monoisotopic (exact) mass is 219 g/mol. The van der Waals surface area contributed by atoms with Crippen LogP contribution in [-0.4, -0.2) is 19.7 Å². The maximum atomic E-state index is 5.78. The van der Waals surface area contributed by atoms with Gasteiger partial charge >= 0.3 is 0 Å². The third-order valence-corrected chi connectivity index (χ3v) is 3.11. The molecule has 1 aliphatic heterocycles. The highest BCUT2D eigenvalue weighted by molar-refractivity contribution is 5.27. The Kier molecular flexibility index (Phi) is 4.23. The van der Waals surface area contributed by atoms with Crippen molar-refractivity contribution < 1.29 is 4.74 Å². The molecule has 0 saturated carbocycles. The summed E-state index contributed by atoms with van der Waals surface area (Å²) in [5.74, 6) is 1.70. The third-order valence-electron chi connectivity index (χ3n) is 3.11. The van der Waals surface area contributed by atoms with Gasteiger partial charge in [-0.15, -0.1) is 0 Å². The first-order valence-corrected chi connectivity index (χ1v) is 6.31. The molecular formula is C14H21NO. The molecule has 1 heterocycles. The normalized spacial score (nSPS) is 19.9. The van der Waals surface area contributed by atoms with Gasteiger partial charge in [0.15, 0.2) is 0 Å². The highest BCUT2D eigenvalue weighted by Crippen LogP contribution is 2.16. The maximum absolute atomic E-state index is 5.78. The highest BCUT2D eigenvalue weighted by atomic mass is 16.5. The quantitative estimate of drug-likeness (QED) is 0.822. The Balaban J connectivity index is 1.80. The van der Waals surface area contributed by atoms with E-state index < -0.39 is 0 Å². The predicted molar refractivity (Wildman–Crippen MR) is 66.9 cm³/mol. The fourth-order valence-corrected chi connectivity index (χ4v) is 2.11. The van der Waals surface area contributed by atoms with Gasteiger partial charge in [-0.05, 0) is 37.1 Å². The summed E-state index contributed by atoms with van der Waals surface area (Å²) in [6.07, 6.45) is 3.61. The molecule has 1 aromatic carbocycles. The zero-order valence-corrected chi connectivity index (χ0v) is 10.0. The van der Waals surface area contributed by atoms with E-state index in [4.69, 9.17) is 4.74 Å². The zero-order valence-electron chi connectivity index (χ0n) is 10.0. The standard InChI is InChI=1S/C14H21NO/c1-2-3-12-4-6-14(7-5-12)16-11-13-8-9-15-10-13/h4-7,13,15H,2-3,8-11H2,1H3/t13-/m1/s1. The summed E-state index contributed by atoms with van der Waals surface area (Å²) in [5, 5.41) is 3.35. The predicted octanol–water partition coefficient (Wildman–Crippen LogP) is 2.63. The Labute approximate surface area is 98.0 Å². The number of ether oxygens (including phenoxy) is 1. The fraction of sp³-hybridized carbons (Fsp3) is 0.571. The Morgan fingerprint density at radius 1 is 1.31 bits per heavy atom. The van der Waals surface area contributed by atoms with Crippen LogP contribution in [0.5, 0.6) is 5.75 Å². The lowest BCUT2D eigenvalue weighted by atomic mass is 10.1. The Morgan fingerprint density at radius 2 is 2.12 bits per heavy atom. The zero-order chi connectivity index (χ0) is 11.2. The van der Waals surface area contributed by atoms with E-state index in [9.17, 15) is 0 Å². The lowest BCUT2D eigenvalue weighted by Gasteiger charge is -2.11. The van der Waals surface area contributed by atoms with E-state index in [-0.39, 0.29) is 0 Å². The van der Waals surface area contributed by atoms with Gasteiger partial charge in [0.05, 0.1) is 6.61 Å². The van der Waals surface area contributed by atoms with Gasteiger partial charge in [-0.3, -0.25) is 0 Å². The van der Waals surface area contributed by atoms with Crippen LogP contribution in [0, 0.1) is 5.92 Å². The van der Waals surface area contributed by atoms with Crippen molar-refractivity contribution in [1.29, 1.82) is 0 Å². The Bertz CT molecular complexity index is 301. The topological polar surface area (TPSA) is 21.3 Å². The van der Waals surface area contributed by atoms with Crippen LogP contribution in [0.4, 0.5) is 0 Å². The molecule has 1 aromatic rings. The summed E-state index contributed by atoms with van der Waals surface area (Å²) in [4.78, 5) is 0. The van der Waals surface area contributed by atoms with Gasteiger partial charge < -0.3 is 10.1 Å². The summed E-state index contributed by atoms with van der Waals surface area (Å²) < 4.78 is 5.78. The molecule has 2 nitrogen and oxygen atoms in total. The summed E-state index contributed by atoms with van der Waals surface area (Å²) in [7, 11) is 0. The smallest absolute Gasteiger partial charge is 0.119 e. The van der Waals surface area contributed by atoms with Crippen molar-refractivity contribution in [3.63, 3.8) is 0 Å². The number of nitrogens with one attached hydrogen (secondary N) is 1. The van der Waals surface area contributed by atoms with Crippen molar-refractivity contribution in [1.82, 2.24) is 5.32 Å². The first-order chi connectivity index (χ1) is 7.88. The molecule has 1 fully saturated rings. The largest absolute Gasteiger partial charge is 0.493 e. The van der Waals surface area contributed by atoms with E-state index in [1.54, 1.807) is 0 Å². The average Bonchev–Trinajstić information content (AvgIpc) is 2.82. The number of rotatable bonds is 5. The molecule has 2 heteroatoms. The van der Waals surface area contributed by atoms with Gasteiger partial charge in [-0.2, -0.15) is 0 Å². The van der Waals surface area contributed by atoms with Crippen LogP contribution in [0.3, 0.4) is 0 Å². The number of benzene rings is 1. The van der Waals surface area contributed by atoms with Crippen molar-refractivity contribution in [2.45, 2.75) is 26.2 Å². The molecule has 0 aliphatic carbocycles. The molecule has 0 unspecified atom stereocenters. The molecule has 1 aliphatic rings. The minimum Gasteiger partial charge on any atom is -0.493 e. The van der Waals surface area contributed by atoms with Gasteiger partial charge in [0, 0.05) is 12.5 Å². The minimum atomic E-state index is 0.690. The minimum absolute atomic E-state index is 0.690. The molecule has 0 bridgehead atoms. The van der Waals surface area contributed by atoms with Crippen LogP contribution in [0.1, 0.15) is 25.3 Å². The molecule has 2 rings (SSSR count). The van der Waals surface area contributed by atoms with Crippen molar-refractivity contribution in [2.24, 2.45) is 5.92 Å². The second-order valence-electron chi connectivity index (χ2n) is 4.56. The molecule has 0 radical (unpaired) electrons. The van der Waals surface area contributed by atoms with Crippen LogP contribution in [0.25, 0.3) is 0 Å². The van der Waals surface area contributed by atoms with Gasteiger partial charge in [-0.1, -0.05) is 25.5 Å². The Morgan fingerprint density at radius 3 is 2.75 bits per heavy atom. The third kappa shape index (κ3) is 3.24. The molecule has 1 N–H and O–H groups in total. The molecule has 0 aromatic heterocycles. The SMILES string of the molecule is CCCc1ccc(OC[C@@H]2CCNC2)cc1. The van der Waals surface area contributed by atoms with Crippen molar-refractivity contribution in [3.05, 3.63) is 29.8 Å². The fourth-order valence-electron chi connectivity index (χ4n) is 2.11. The molecule has 0 amide bonds. The van der Waals surface area contributed by atoms with Crippen LogP contribution < -0.4 is 10.1 Å². The first kappa shape index (κ1) is 11.5. The Hall–Kier alpha value is -1.02. The molecule has 0 spiro atoms. The van der Waals surface area contributed by atoms with Gasteiger partial charge in [0.1, 0.15) is 5.75 Å². The first-order valence-electron chi connectivity index (χ1n) is 6.31. The lowest BCUT2D eigenvalue weighted by Crippen LogP contribution is -2.15. The summed E-state index contributed by atoms with van der Waals surface area (Å²) in [5.41, 5.74) is 1.40. The number of hydrogen-bond donors (Lipinski definition) is 1. The van der Waals surface area contributed by atoms with Crippen LogP contribution >= 0.6 is 0 Å². The van der Waals surface area contributed by atoms with Crippen molar-refractivity contribution in [2.75, 3.05) is 19.7 Å². The number of aryl methyl sites for hydroxylation is 1. The molecular weight excluding hydrogens is 198 g/mol. The molecule has 88 valence electrons. The second kappa shape index (κ2) is 5.90. The second-order valence-corrected chi connectivity index (χ2v) is 4.56. The van der Waals surface area contributed by atoms with E-state index in [1.807, 2.05) is 0 Å². The maximum Gasteiger partial charge on any atom is 0.119 e. The lowest BCUT2D eigenvalue weighted by molar-refractivity contribution is 0.260. The van der Waals surface area contributed by atoms with Crippen LogP contribution in [0.15, 0.2) is 24.3 Å². The van der Waals surface area contributed by atoms with E-state index in [0.29, 0.717) is 5.92 Å². The van der Waals surface area contributed by atoms with Crippen LogP contribution in [0.2, 0.25) is 0 Å². The number of hydrogen-bond acceptors (Lipinski definition) is 2. The van der Waals surface area contributed by atoms with Crippen molar-refractivity contribution >= 4 is 0 Å². The van der Waals surface area contributed by atoms with Crippen LogP contribution in [-0.2, 0) is 6.42 Å². The molecule has 1 saturated heterocycles. The van der Waals surface area contributed by atoms with E-state index in [0.717, 1.165) is 31.9 Å². The van der Waals surface area contributed by atoms with E-state index in [1.165, 1.54) is 18.4 Å². The summed E-state index contributed by atoms with van der Waals surface area (Å²) in [6, 6.07) is 8.53.